The molecule has 1 fully saturated rings. The van der Waals surface area contributed by atoms with Crippen molar-refractivity contribution in [3.63, 3.8) is 0 Å². The number of ether oxygens (including phenoxy) is 1. The van der Waals surface area contributed by atoms with Crippen molar-refractivity contribution in [2.45, 2.75) is 52.9 Å². The summed E-state index contributed by atoms with van der Waals surface area (Å²) in [6.07, 6.45) is 5.19. The van der Waals surface area contributed by atoms with Crippen molar-refractivity contribution in [2.24, 2.45) is 11.8 Å². The molecule has 4 nitrogen and oxygen atoms in total. The minimum atomic E-state index is -0.698. The lowest BCUT2D eigenvalue weighted by molar-refractivity contribution is -0.153. The van der Waals surface area contributed by atoms with Crippen molar-refractivity contribution < 1.29 is 14.3 Å². The number of aryl methyl sites for hydroxylation is 2. The SMILES string of the molecule is CCOC(=O)C(C(=O)Nc1ccc(C)cc1C)C1CCCCC1. The zero-order chi connectivity index (χ0) is 16.8. The number of benzene rings is 1. The van der Waals surface area contributed by atoms with Crippen LogP contribution in [-0.4, -0.2) is 18.5 Å². The highest BCUT2D eigenvalue weighted by Gasteiger charge is 2.36. The number of rotatable bonds is 5. The second-order valence-electron chi connectivity index (χ2n) is 6.44. The number of amides is 1. The zero-order valence-electron chi connectivity index (χ0n) is 14.4. The number of nitrogens with one attached hydrogen (secondary N) is 1. The van der Waals surface area contributed by atoms with Crippen LogP contribution in [0.3, 0.4) is 0 Å². The van der Waals surface area contributed by atoms with Gasteiger partial charge in [0.25, 0.3) is 0 Å². The maximum atomic E-state index is 12.8. The normalized spacial score (nSPS) is 16.7. The van der Waals surface area contributed by atoms with E-state index in [9.17, 15) is 9.59 Å². The molecule has 1 aliphatic rings. The lowest BCUT2D eigenvalue weighted by Crippen LogP contribution is -2.38. The van der Waals surface area contributed by atoms with E-state index in [-0.39, 0.29) is 17.8 Å². The first kappa shape index (κ1) is 17.5. The summed E-state index contributed by atoms with van der Waals surface area (Å²) in [5.74, 6) is -1.23. The lowest BCUT2D eigenvalue weighted by Gasteiger charge is -2.28. The van der Waals surface area contributed by atoms with E-state index >= 15 is 0 Å². The predicted octanol–water partition coefficient (Wildman–Crippen LogP) is 4.00. The summed E-state index contributed by atoms with van der Waals surface area (Å²) >= 11 is 0. The topological polar surface area (TPSA) is 55.4 Å². The number of hydrogen-bond acceptors (Lipinski definition) is 3. The van der Waals surface area contributed by atoms with E-state index in [1.54, 1.807) is 6.92 Å². The molecule has 0 bridgehead atoms. The molecule has 1 N–H and O–H groups in total. The first-order valence-corrected chi connectivity index (χ1v) is 8.57. The Morgan fingerprint density at radius 3 is 2.52 bits per heavy atom. The van der Waals surface area contributed by atoms with Gasteiger partial charge in [-0.05, 0) is 51.2 Å². The highest BCUT2D eigenvalue weighted by Crippen LogP contribution is 2.32. The largest absolute Gasteiger partial charge is 0.465 e. The molecule has 0 aliphatic heterocycles. The molecule has 1 amide bonds. The summed E-state index contributed by atoms with van der Waals surface area (Å²) in [6.45, 7) is 6.06. The molecule has 1 saturated carbocycles. The van der Waals surface area contributed by atoms with Crippen molar-refractivity contribution in [1.29, 1.82) is 0 Å². The van der Waals surface area contributed by atoms with Crippen LogP contribution in [0.15, 0.2) is 18.2 Å². The van der Waals surface area contributed by atoms with E-state index in [0.717, 1.165) is 42.5 Å². The monoisotopic (exact) mass is 317 g/mol. The third-order valence-electron chi connectivity index (χ3n) is 4.58. The van der Waals surface area contributed by atoms with Crippen LogP contribution < -0.4 is 5.32 Å². The van der Waals surface area contributed by atoms with Gasteiger partial charge < -0.3 is 10.1 Å². The molecule has 1 aromatic carbocycles. The number of carbonyl (C=O) groups is 2. The van der Waals surface area contributed by atoms with Crippen molar-refractivity contribution in [3.8, 4) is 0 Å². The zero-order valence-corrected chi connectivity index (χ0v) is 14.4. The molecule has 0 radical (unpaired) electrons. The Bertz CT molecular complexity index is 562. The van der Waals surface area contributed by atoms with Crippen LogP contribution >= 0.6 is 0 Å². The van der Waals surface area contributed by atoms with E-state index in [1.165, 1.54) is 6.42 Å². The summed E-state index contributed by atoms with van der Waals surface area (Å²) < 4.78 is 5.17. The highest BCUT2D eigenvalue weighted by atomic mass is 16.5. The fourth-order valence-electron chi connectivity index (χ4n) is 3.38. The average molecular weight is 317 g/mol. The minimum Gasteiger partial charge on any atom is -0.465 e. The number of carbonyl (C=O) groups excluding carboxylic acids is 2. The van der Waals surface area contributed by atoms with E-state index in [0.29, 0.717) is 6.61 Å². The molecule has 1 atom stereocenters. The van der Waals surface area contributed by atoms with Gasteiger partial charge in [0.05, 0.1) is 6.61 Å². The van der Waals surface area contributed by atoms with Gasteiger partial charge in [-0.25, -0.2) is 0 Å². The van der Waals surface area contributed by atoms with Gasteiger partial charge in [-0.15, -0.1) is 0 Å². The summed E-state index contributed by atoms with van der Waals surface area (Å²) in [7, 11) is 0. The first-order valence-electron chi connectivity index (χ1n) is 8.57. The van der Waals surface area contributed by atoms with Crippen molar-refractivity contribution in [2.75, 3.05) is 11.9 Å². The van der Waals surface area contributed by atoms with Crippen LogP contribution in [0.2, 0.25) is 0 Å². The van der Waals surface area contributed by atoms with Gasteiger partial charge in [-0.1, -0.05) is 37.0 Å². The van der Waals surface area contributed by atoms with E-state index in [4.69, 9.17) is 4.74 Å². The van der Waals surface area contributed by atoms with Crippen molar-refractivity contribution in [3.05, 3.63) is 29.3 Å². The maximum Gasteiger partial charge on any atom is 0.318 e. The van der Waals surface area contributed by atoms with Gasteiger partial charge in [0.1, 0.15) is 5.92 Å². The maximum absolute atomic E-state index is 12.8. The van der Waals surface area contributed by atoms with Gasteiger partial charge in [0, 0.05) is 5.69 Å². The Morgan fingerprint density at radius 2 is 1.91 bits per heavy atom. The van der Waals surface area contributed by atoms with Crippen molar-refractivity contribution >= 4 is 17.6 Å². The van der Waals surface area contributed by atoms with Crippen molar-refractivity contribution in [1.82, 2.24) is 0 Å². The molecule has 126 valence electrons. The summed E-state index contributed by atoms with van der Waals surface area (Å²) in [5, 5.41) is 2.93. The molecule has 0 saturated heterocycles. The van der Waals surface area contributed by atoms with E-state index in [1.807, 2.05) is 32.0 Å². The van der Waals surface area contributed by atoms with Crippen LogP contribution in [0.4, 0.5) is 5.69 Å². The molecule has 1 aliphatic carbocycles. The average Bonchev–Trinajstić information content (AvgIpc) is 2.52. The van der Waals surface area contributed by atoms with Gasteiger partial charge in [0.2, 0.25) is 5.91 Å². The van der Waals surface area contributed by atoms with Crippen LogP contribution in [0, 0.1) is 25.7 Å². The second kappa shape index (κ2) is 8.14. The molecule has 2 rings (SSSR count). The predicted molar refractivity (Wildman–Crippen MR) is 91.2 cm³/mol. The van der Waals surface area contributed by atoms with Crippen LogP contribution in [0.25, 0.3) is 0 Å². The van der Waals surface area contributed by atoms with Crippen LogP contribution in [0.1, 0.15) is 50.2 Å². The van der Waals surface area contributed by atoms with E-state index < -0.39 is 5.92 Å². The molecular weight excluding hydrogens is 290 g/mol. The molecule has 1 unspecified atom stereocenters. The van der Waals surface area contributed by atoms with Crippen LogP contribution in [-0.2, 0) is 14.3 Å². The van der Waals surface area contributed by atoms with Gasteiger partial charge in [0.15, 0.2) is 0 Å². The molecule has 0 aromatic heterocycles. The summed E-state index contributed by atoms with van der Waals surface area (Å²) in [4.78, 5) is 25.1. The highest BCUT2D eigenvalue weighted by molar-refractivity contribution is 6.05. The third kappa shape index (κ3) is 4.57. The number of hydrogen-bond donors (Lipinski definition) is 1. The van der Waals surface area contributed by atoms with Gasteiger partial charge in [-0.3, -0.25) is 9.59 Å². The molecule has 1 aromatic rings. The third-order valence-corrected chi connectivity index (χ3v) is 4.58. The Balaban J connectivity index is 2.16. The molecular formula is C19H27NO3. The first-order chi connectivity index (χ1) is 11.0. The molecule has 0 heterocycles. The van der Waals surface area contributed by atoms with Gasteiger partial charge >= 0.3 is 5.97 Å². The molecule has 0 spiro atoms. The van der Waals surface area contributed by atoms with Crippen LogP contribution in [0.5, 0.6) is 0 Å². The minimum absolute atomic E-state index is 0.0913. The quantitative estimate of drug-likeness (QED) is 0.659. The Kier molecular flexibility index (Phi) is 6.20. The molecule has 23 heavy (non-hydrogen) atoms. The van der Waals surface area contributed by atoms with Gasteiger partial charge in [-0.2, -0.15) is 0 Å². The van der Waals surface area contributed by atoms with E-state index in [2.05, 4.69) is 5.32 Å². The Labute approximate surface area is 138 Å². The standard InChI is InChI=1S/C19H27NO3/c1-4-23-19(22)17(15-8-6-5-7-9-15)18(21)20-16-11-10-13(2)12-14(16)3/h10-12,15,17H,4-9H2,1-3H3,(H,20,21). The fraction of sp³-hybridized carbons (Fsp3) is 0.579. The second-order valence-corrected chi connectivity index (χ2v) is 6.44. The summed E-state index contributed by atoms with van der Waals surface area (Å²) in [6, 6.07) is 5.88. The number of anilines is 1. The fourth-order valence-corrected chi connectivity index (χ4v) is 3.38. The molecule has 4 heteroatoms. The smallest absolute Gasteiger partial charge is 0.318 e. The number of esters is 1. The Hall–Kier alpha value is -1.84. The Morgan fingerprint density at radius 1 is 1.22 bits per heavy atom. The lowest BCUT2D eigenvalue weighted by atomic mass is 9.79. The summed E-state index contributed by atoms with van der Waals surface area (Å²) in [5.41, 5.74) is 2.92.